The van der Waals surface area contributed by atoms with Crippen LogP contribution in [0.4, 0.5) is 5.95 Å². The summed E-state index contributed by atoms with van der Waals surface area (Å²) in [6.45, 7) is 4.02. The molecule has 2 rings (SSSR count). The minimum atomic E-state index is 0.703. The summed E-state index contributed by atoms with van der Waals surface area (Å²) in [5, 5.41) is 7.59. The minimum Gasteiger partial charge on any atom is -0.353 e. The molecule has 0 aliphatic rings. The van der Waals surface area contributed by atoms with Gasteiger partial charge in [0.1, 0.15) is 0 Å². The largest absolute Gasteiger partial charge is 0.353 e. The Labute approximate surface area is 101 Å². The van der Waals surface area contributed by atoms with Crippen LogP contribution in [0.3, 0.4) is 0 Å². The van der Waals surface area contributed by atoms with E-state index in [9.17, 15) is 0 Å². The zero-order valence-electron chi connectivity index (χ0n) is 10.6. The highest BCUT2D eigenvalue weighted by molar-refractivity contribution is 5.45. The Balaban J connectivity index is 1.95. The predicted molar refractivity (Wildman–Crippen MR) is 69.4 cm³/mol. The summed E-state index contributed by atoms with van der Waals surface area (Å²) in [7, 11) is 4.15. The maximum absolute atomic E-state index is 4.42. The van der Waals surface area contributed by atoms with Gasteiger partial charge in [-0.25, -0.2) is 4.52 Å². The van der Waals surface area contributed by atoms with E-state index in [1.165, 1.54) is 5.56 Å². The summed E-state index contributed by atoms with van der Waals surface area (Å²) < 4.78 is 1.79. The normalized spacial score (nSPS) is 11.3. The van der Waals surface area contributed by atoms with Crippen LogP contribution >= 0.6 is 0 Å². The van der Waals surface area contributed by atoms with Crippen LogP contribution in [0.15, 0.2) is 18.3 Å². The minimum absolute atomic E-state index is 0.703. The van der Waals surface area contributed by atoms with Crippen molar-refractivity contribution in [1.29, 1.82) is 0 Å². The van der Waals surface area contributed by atoms with Crippen LogP contribution in [0.1, 0.15) is 12.0 Å². The van der Waals surface area contributed by atoms with Crippen LogP contribution < -0.4 is 5.32 Å². The van der Waals surface area contributed by atoms with E-state index in [-0.39, 0.29) is 0 Å². The van der Waals surface area contributed by atoms with Gasteiger partial charge in [-0.3, -0.25) is 0 Å². The van der Waals surface area contributed by atoms with Gasteiger partial charge in [-0.2, -0.15) is 4.98 Å². The van der Waals surface area contributed by atoms with Crippen molar-refractivity contribution in [2.45, 2.75) is 13.3 Å². The molecule has 0 aliphatic carbocycles. The van der Waals surface area contributed by atoms with Crippen molar-refractivity contribution >= 4 is 11.6 Å². The zero-order chi connectivity index (χ0) is 12.3. The predicted octanol–water partition coefficient (Wildman–Crippen LogP) is 1.40. The molecule has 0 radical (unpaired) electrons. The maximum Gasteiger partial charge on any atom is 0.243 e. The van der Waals surface area contributed by atoms with E-state index in [1.807, 2.05) is 18.3 Å². The average Bonchev–Trinajstić information content (AvgIpc) is 2.66. The fourth-order valence-electron chi connectivity index (χ4n) is 1.65. The highest BCUT2D eigenvalue weighted by Gasteiger charge is 2.02. The Morgan fingerprint density at radius 1 is 1.41 bits per heavy atom. The van der Waals surface area contributed by atoms with Crippen LogP contribution in [0, 0.1) is 6.92 Å². The van der Waals surface area contributed by atoms with Crippen LogP contribution in [0.25, 0.3) is 5.65 Å². The number of pyridine rings is 1. The van der Waals surface area contributed by atoms with Gasteiger partial charge in [0.25, 0.3) is 0 Å². The standard InChI is InChI=1S/C12H19N5/c1-10-5-8-17-11(9-10)14-12(15-17)13-6-4-7-16(2)3/h5,8-9H,4,6-7H2,1-3H3,(H,13,15). The number of fused-ring (bicyclic) bond motifs is 1. The Morgan fingerprint density at radius 2 is 2.24 bits per heavy atom. The van der Waals surface area contributed by atoms with Crippen LogP contribution in [-0.4, -0.2) is 46.7 Å². The van der Waals surface area contributed by atoms with Gasteiger partial charge >= 0.3 is 0 Å². The first-order valence-corrected chi connectivity index (χ1v) is 5.87. The van der Waals surface area contributed by atoms with Crippen molar-refractivity contribution < 1.29 is 0 Å². The van der Waals surface area contributed by atoms with Crippen molar-refractivity contribution in [3.63, 3.8) is 0 Å². The third kappa shape index (κ3) is 3.17. The Morgan fingerprint density at radius 3 is 3.00 bits per heavy atom. The molecule has 0 saturated heterocycles. The van der Waals surface area contributed by atoms with Gasteiger partial charge in [0, 0.05) is 12.7 Å². The molecule has 2 aromatic heterocycles. The fourth-order valence-corrected chi connectivity index (χ4v) is 1.65. The Kier molecular flexibility index (Phi) is 3.58. The number of hydrogen-bond acceptors (Lipinski definition) is 4. The first-order valence-electron chi connectivity index (χ1n) is 5.87. The molecule has 92 valence electrons. The molecule has 0 aliphatic heterocycles. The fraction of sp³-hybridized carbons (Fsp3) is 0.500. The lowest BCUT2D eigenvalue weighted by Crippen LogP contribution is -2.16. The number of nitrogens with one attached hydrogen (secondary N) is 1. The smallest absolute Gasteiger partial charge is 0.243 e. The molecule has 0 bridgehead atoms. The van der Waals surface area contributed by atoms with Gasteiger partial charge in [0.2, 0.25) is 5.95 Å². The molecule has 2 heterocycles. The quantitative estimate of drug-likeness (QED) is 0.793. The Hall–Kier alpha value is -1.62. The van der Waals surface area contributed by atoms with Gasteiger partial charge in [-0.1, -0.05) is 0 Å². The molecule has 0 saturated carbocycles. The van der Waals surface area contributed by atoms with E-state index in [1.54, 1.807) is 4.52 Å². The van der Waals surface area contributed by atoms with Crippen molar-refractivity contribution in [2.24, 2.45) is 0 Å². The summed E-state index contributed by atoms with van der Waals surface area (Å²) in [6.07, 6.45) is 3.02. The lowest BCUT2D eigenvalue weighted by molar-refractivity contribution is 0.405. The molecule has 17 heavy (non-hydrogen) atoms. The molecule has 0 unspecified atom stereocenters. The molecule has 2 aromatic rings. The number of aromatic nitrogens is 3. The molecule has 5 nitrogen and oxygen atoms in total. The van der Waals surface area contributed by atoms with Crippen molar-refractivity contribution in [1.82, 2.24) is 19.5 Å². The summed E-state index contributed by atoms with van der Waals surface area (Å²) in [5.41, 5.74) is 2.09. The van der Waals surface area contributed by atoms with Crippen LogP contribution in [0.2, 0.25) is 0 Å². The molecular formula is C12H19N5. The third-order valence-corrected chi connectivity index (χ3v) is 2.56. The van der Waals surface area contributed by atoms with E-state index >= 15 is 0 Å². The van der Waals surface area contributed by atoms with E-state index in [0.717, 1.165) is 25.2 Å². The number of anilines is 1. The summed E-state index contributed by atoms with van der Waals surface area (Å²) in [6, 6.07) is 4.05. The van der Waals surface area contributed by atoms with Crippen LogP contribution in [-0.2, 0) is 0 Å². The second-order valence-corrected chi connectivity index (χ2v) is 4.53. The first-order chi connectivity index (χ1) is 8.15. The van der Waals surface area contributed by atoms with Gasteiger partial charge in [0.05, 0.1) is 0 Å². The second-order valence-electron chi connectivity index (χ2n) is 4.53. The van der Waals surface area contributed by atoms with Crippen molar-refractivity contribution in [3.05, 3.63) is 23.9 Å². The van der Waals surface area contributed by atoms with Gasteiger partial charge in [0.15, 0.2) is 5.65 Å². The number of aryl methyl sites for hydroxylation is 1. The SMILES string of the molecule is Cc1ccn2nc(NCCCN(C)C)nc2c1. The Bertz CT molecular complexity index is 489. The maximum atomic E-state index is 4.42. The molecule has 0 atom stereocenters. The molecule has 0 spiro atoms. The lowest BCUT2D eigenvalue weighted by Gasteiger charge is -2.08. The van der Waals surface area contributed by atoms with E-state index in [2.05, 4.69) is 41.3 Å². The van der Waals surface area contributed by atoms with Gasteiger partial charge in [-0.15, -0.1) is 5.10 Å². The molecule has 0 amide bonds. The molecular weight excluding hydrogens is 214 g/mol. The van der Waals surface area contributed by atoms with Gasteiger partial charge in [-0.05, 0) is 51.7 Å². The highest BCUT2D eigenvalue weighted by Crippen LogP contribution is 2.07. The summed E-state index contributed by atoms with van der Waals surface area (Å²) in [4.78, 5) is 6.59. The lowest BCUT2D eigenvalue weighted by atomic mass is 10.3. The van der Waals surface area contributed by atoms with E-state index < -0.39 is 0 Å². The molecule has 0 aromatic carbocycles. The monoisotopic (exact) mass is 233 g/mol. The first kappa shape index (κ1) is 11.9. The topological polar surface area (TPSA) is 45.5 Å². The average molecular weight is 233 g/mol. The van der Waals surface area contributed by atoms with Crippen LogP contribution in [0.5, 0.6) is 0 Å². The summed E-state index contributed by atoms with van der Waals surface area (Å²) in [5.74, 6) is 0.703. The van der Waals surface area contributed by atoms with E-state index in [0.29, 0.717) is 5.95 Å². The number of hydrogen-bond donors (Lipinski definition) is 1. The zero-order valence-corrected chi connectivity index (χ0v) is 10.6. The summed E-state index contributed by atoms with van der Waals surface area (Å²) >= 11 is 0. The molecule has 1 N–H and O–H groups in total. The van der Waals surface area contributed by atoms with E-state index in [4.69, 9.17) is 0 Å². The highest BCUT2D eigenvalue weighted by atomic mass is 15.3. The molecule has 0 fully saturated rings. The van der Waals surface area contributed by atoms with Crippen molar-refractivity contribution in [2.75, 3.05) is 32.5 Å². The third-order valence-electron chi connectivity index (χ3n) is 2.56. The van der Waals surface area contributed by atoms with Gasteiger partial charge < -0.3 is 10.2 Å². The number of nitrogens with zero attached hydrogens (tertiary/aromatic N) is 4. The molecule has 5 heteroatoms. The second kappa shape index (κ2) is 5.14. The van der Waals surface area contributed by atoms with Crippen molar-refractivity contribution in [3.8, 4) is 0 Å². The number of rotatable bonds is 5.